The Morgan fingerprint density at radius 2 is 1.74 bits per heavy atom. The van der Waals surface area contributed by atoms with Crippen LogP contribution in [0.5, 0.6) is 0 Å². The van der Waals surface area contributed by atoms with Gasteiger partial charge in [-0.3, -0.25) is 10.1 Å². The van der Waals surface area contributed by atoms with E-state index in [0.717, 1.165) is 18.4 Å². The quantitative estimate of drug-likeness (QED) is 0.800. The molecule has 2 aromatic rings. The molecule has 2 N–H and O–H groups in total. The van der Waals surface area contributed by atoms with Crippen molar-refractivity contribution >= 4 is 11.6 Å². The first kappa shape index (κ1) is 17.2. The Bertz CT molecular complexity index is 630. The van der Waals surface area contributed by atoms with Gasteiger partial charge in [0.1, 0.15) is 5.82 Å². The van der Waals surface area contributed by atoms with Gasteiger partial charge in [-0.25, -0.2) is 4.39 Å². The van der Waals surface area contributed by atoms with Gasteiger partial charge in [0.25, 0.3) is 0 Å². The predicted octanol–water partition coefficient (Wildman–Crippen LogP) is 4.28. The molecule has 23 heavy (non-hydrogen) atoms. The van der Waals surface area contributed by atoms with E-state index >= 15 is 0 Å². The van der Waals surface area contributed by atoms with Gasteiger partial charge in [-0.15, -0.1) is 0 Å². The normalized spacial score (nSPS) is 13.3. The molecular formula is C19H23FN2O. The van der Waals surface area contributed by atoms with E-state index in [1.54, 1.807) is 25.1 Å². The molecule has 0 aliphatic carbocycles. The Labute approximate surface area is 136 Å². The van der Waals surface area contributed by atoms with E-state index in [4.69, 9.17) is 0 Å². The highest BCUT2D eigenvalue weighted by molar-refractivity contribution is 5.94. The first-order valence-electron chi connectivity index (χ1n) is 7.98. The summed E-state index contributed by atoms with van der Waals surface area (Å²) in [6.45, 7) is 3.91. The molecule has 3 nitrogen and oxygen atoms in total. The smallest absolute Gasteiger partial charge is 0.241 e. The molecule has 1 amide bonds. The Morgan fingerprint density at radius 1 is 1.09 bits per heavy atom. The fraction of sp³-hybridized carbons (Fsp3) is 0.316. The third-order valence-electron chi connectivity index (χ3n) is 3.76. The van der Waals surface area contributed by atoms with Gasteiger partial charge in [0.05, 0.1) is 11.7 Å². The van der Waals surface area contributed by atoms with Crippen molar-refractivity contribution in [1.82, 2.24) is 5.32 Å². The van der Waals surface area contributed by atoms with E-state index in [1.165, 1.54) is 6.07 Å². The van der Waals surface area contributed by atoms with Crippen molar-refractivity contribution in [3.05, 3.63) is 66.0 Å². The molecule has 0 saturated carbocycles. The number of rotatable bonds is 7. The van der Waals surface area contributed by atoms with Crippen LogP contribution in [0, 0.1) is 5.82 Å². The van der Waals surface area contributed by atoms with Gasteiger partial charge in [0.15, 0.2) is 0 Å². The first-order valence-corrected chi connectivity index (χ1v) is 7.98. The first-order chi connectivity index (χ1) is 11.1. The summed E-state index contributed by atoms with van der Waals surface area (Å²) in [5.74, 6) is -0.673. The highest BCUT2D eigenvalue weighted by Gasteiger charge is 2.19. The van der Waals surface area contributed by atoms with Crippen LogP contribution in [0.4, 0.5) is 10.1 Å². The largest absolute Gasteiger partial charge is 0.322 e. The minimum atomic E-state index is -0.429. The van der Waals surface area contributed by atoms with Gasteiger partial charge in [0, 0.05) is 6.04 Å². The van der Waals surface area contributed by atoms with Crippen molar-refractivity contribution in [1.29, 1.82) is 0 Å². The molecule has 0 bridgehead atoms. The highest BCUT2D eigenvalue weighted by Crippen LogP contribution is 2.19. The van der Waals surface area contributed by atoms with E-state index in [-0.39, 0.29) is 17.6 Å². The zero-order chi connectivity index (χ0) is 16.7. The molecule has 0 heterocycles. The Morgan fingerprint density at radius 3 is 2.39 bits per heavy atom. The van der Waals surface area contributed by atoms with Crippen LogP contribution >= 0.6 is 0 Å². The molecule has 0 fully saturated rings. The summed E-state index contributed by atoms with van der Waals surface area (Å²) >= 11 is 0. The Hall–Kier alpha value is -2.20. The van der Waals surface area contributed by atoms with Gasteiger partial charge in [-0.05, 0) is 31.0 Å². The number of para-hydroxylation sites is 1. The van der Waals surface area contributed by atoms with Crippen LogP contribution in [0.1, 0.15) is 38.3 Å². The maximum atomic E-state index is 13.6. The fourth-order valence-corrected chi connectivity index (χ4v) is 2.50. The molecule has 4 heteroatoms. The zero-order valence-electron chi connectivity index (χ0n) is 13.6. The van der Waals surface area contributed by atoms with Crippen molar-refractivity contribution in [2.24, 2.45) is 0 Å². The van der Waals surface area contributed by atoms with Crippen molar-refractivity contribution in [2.45, 2.75) is 38.8 Å². The molecule has 0 unspecified atom stereocenters. The lowest BCUT2D eigenvalue weighted by atomic mass is 10.0. The summed E-state index contributed by atoms with van der Waals surface area (Å²) in [4.78, 5) is 12.3. The number of hydrogen-bond acceptors (Lipinski definition) is 2. The minimum absolute atomic E-state index is 0.0996. The molecular weight excluding hydrogens is 291 g/mol. The SMILES string of the molecule is CCC[C@H](N[C@H](C)C(=O)Nc1ccccc1F)c1ccccc1. The lowest BCUT2D eigenvalue weighted by Gasteiger charge is -2.23. The number of benzene rings is 2. The van der Waals surface area contributed by atoms with Crippen LogP contribution in [-0.4, -0.2) is 11.9 Å². The molecule has 0 aromatic heterocycles. The second kappa shape index (κ2) is 8.44. The third-order valence-corrected chi connectivity index (χ3v) is 3.76. The summed E-state index contributed by atoms with van der Waals surface area (Å²) in [5, 5.41) is 5.97. The number of carbonyl (C=O) groups is 1. The molecule has 2 rings (SSSR count). The van der Waals surface area contributed by atoms with Crippen LogP contribution in [-0.2, 0) is 4.79 Å². The van der Waals surface area contributed by atoms with Crippen LogP contribution in [0.2, 0.25) is 0 Å². The molecule has 0 spiro atoms. The van der Waals surface area contributed by atoms with E-state index in [1.807, 2.05) is 18.2 Å². The van der Waals surface area contributed by atoms with Gasteiger partial charge in [0.2, 0.25) is 5.91 Å². The maximum absolute atomic E-state index is 13.6. The third kappa shape index (κ3) is 4.89. The van der Waals surface area contributed by atoms with Crippen molar-refractivity contribution in [2.75, 3.05) is 5.32 Å². The average molecular weight is 314 g/mol. The van der Waals surface area contributed by atoms with E-state index < -0.39 is 11.9 Å². The van der Waals surface area contributed by atoms with Gasteiger partial charge >= 0.3 is 0 Å². The van der Waals surface area contributed by atoms with Crippen molar-refractivity contribution in [3.8, 4) is 0 Å². The summed E-state index contributed by atoms with van der Waals surface area (Å²) in [6, 6.07) is 15.9. The summed E-state index contributed by atoms with van der Waals surface area (Å²) in [7, 11) is 0. The summed E-state index contributed by atoms with van der Waals surface area (Å²) < 4.78 is 13.6. The van der Waals surface area contributed by atoms with E-state index in [2.05, 4.69) is 29.7 Å². The number of carbonyl (C=O) groups excluding carboxylic acids is 1. The number of amides is 1. The maximum Gasteiger partial charge on any atom is 0.241 e. The lowest BCUT2D eigenvalue weighted by molar-refractivity contribution is -0.118. The molecule has 0 aliphatic heterocycles. The number of anilines is 1. The Balaban J connectivity index is 2.02. The summed E-state index contributed by atoms with van der Waals surface area (Å²) in [5.41, 5.74) is 1.36. The molecule has 2 atom stereocenters. The number of halogens is 1. The predicted molar refractivity (Wildman–Crippen MR) is 91.7 cm³/mol. The highest BCUT2D eigenvalue weighted by atomic mass is 19.1. The van der Waals surface area contributed by atoms with Gasteiger partial charge in [-0.2, -0.15) is 0 Å². The fourth-order valence-electron chi connectivity index (χ4n) is 2.50. The van der Waals surface area contributed by atoms with Crippen LogP contribution in [0.15, 0.2) is 54.6 Å². The molecule has 0 aliphatic rings. The second-order valence-corrected chi connectivity index (χ2v) is 5.61. The van der Waals surface area contributed by atoms with Crippen LogP contribution in [0.3, 0.4) is 0 Å². The Kier molecular flexibility index (Phi) is 6.29. The summed E-state index contributed by atoms with van der Waals surface area (Å²) in [6.07, 6.45) is 1.94. The zero-order valence-corrected chi connectivity index (χ0v) is 13.6. The molecule has 2 aromatic carbocycles. The van der Waals surface area contributed by atoms with Gasteiger partial charge < -0.3 is 5.32 Å². The molecule has 122 valence electrons. The monoisotopic (exact) mass is 314 g/mol. The average Bonchev–Trinajstić information content (AvgIpc) is 2.57. The minimum Gasteiger partial charge on any atom is -0.322 e. The standard InChI is InChI=1S/C19H23FN2O/c1-3-9-17(15-10-5-4-6-11-15)21-14(2)19(23)22-18-13-8-7-12-16(18)20/h4-8,10-14,17,21H,3,9H2,1-2H3,(H,22,23)/t14-,17+/m1/s1. The van der Waals surface area contributed by atoms with Crippen LogP contribution < -0.4 is 10.6 Å². The topological polar surface area (TPSA) is 41.1 Å². The van der Waals surface area contributed by atoms with Crippen molar-refractivity contribution in [3.63, 3.8) is 0 Å². The second-order valence-electron chi connectivity index (χ2n) is 5.61. The molecule has 0 radical (unpaired) electrons. The van der Waals surface area contributed by atoms with Crippen molar-refractivity contribution < 1.29 is 9.18 Å². The number of hydrogen-bond donors (Lipinski definition) is 2. The van der Waals surface area contributed by atoms with E-state index in [0.29, 0.717) is 0 Å². The van der Waals surface area contributed by atoms with Crippen LogP contribution in [0.25, 0.3) is 0 Å². The molecule has 0 saturated heterocycles. The lowest BCUT2D eigenvalue weighted by Crippen LogP contribution is -2.40. The number of nitrogens with one attached hydrogen (secondary N) is 2. The van der Waals surface area contributed by atoms with Gasteiger partial charge in [-0.1, -0.05) is 55.8 Å². The van der Waals surface area contributed by atoms with E-state index in [9.17, 15) is 9.18 Å².